The minimum absolute atomic E-state index is 0.231. The van der Waals surface area contributed by atoms with Crippen molar-refractivity contribution in [3.63, 3.8) is 0 Å². The number of aromatic nitrogens is 1. The maximum Gasteiger partial charge on any atom is 0.407 e. The highest BCUT2D eigenvalue weighted by atomic mass is 16.5. The molecule has 14 heteroatoms. The van der Waals surface area contributed by atoms with E-state index in [4.69, 9.17) is 32.8 Å². The van der Waals surface area contributed by atoms with Gasteiger partial charge in [0.15, 0.2) is 0 Å². The minimum Gasteiger partial charge on any atom is -0.491 e. The first-order valence-corrected chi connectivity index (χ1v) is 12.4. The number of pyridine rings is 1. The number of ether oxygens (including phenoxy) is 1. The molecule has 1 saturated heterocycles. The van der Waals surface area contributed by atoms with Crippen LogP contribution in [0.4, 0.5) is 27.7 Å². The van der Waals surface area contributed by atoms with Crippen molar-refractivity contribution in [2.24, 2.45) is 11.5 Å². The minimum atomic E-state index is -0.894. The van der Waals surface area contributed by atoms with Gasteiger partial charge in [0.05, 0.1) is 23.5 Å². The van der Waals surface area contributed by atoms with E-state index in [2.05, 4.69) is 20.5 Å². The van der Waals surface area contributed by atoms with E-state index in [1.165, 1.54) is 23.2 Å². The van der Waals surface area contributed by atoms with Crippen molar-refractivity contribution in [3.8, 4) is 5.75 Å². The van der Waals surface area contributed by atoms with Gasteiger partial charge in [0.25, 0.3) is 0 Å². The first-order valence-electron chi connectivity index (χ1n) is 12.4. The summed E-state index contributed by atoms with van der Waals surface area (Å²) in [5.41, 5.74) is 24.4. The SMILES string of the molecule is NC(=O)c1cnc(NC/C=C/CNc2c(N)cc(C(N)=O)cc2OCCCN2CCN(C(=O)O)CC2)c(N)c1. The Balaban J connectivity index is 1.51. The fourth-order valence-corrected chi connectivity index (χ4v) is 3.96. The molecule has 14 nitrogen and oxygen atoms in total. The fraction of sp³-hybridized carbons (Fsp3) is 0.360. The summed E-state index contributed by atoms with van der Waals surface area (Å²) in [6.07, 6.45) is 4.88. The molecule has 0 aliphatic carbocycles. The zero-order valence-corrected chi connectivity index (χ0v) is 21.6. The molecule has 11 N–H and O–H groups in total. The van der Waals surface area contributed by atoms with E-state index >= 15 is 0 Å². The number of primary amides is 2. The van der Waals surface area contributed by atoms with Gasteiger partial charge in [-0.1, -0.05) is 12.2 Å². The van der Waals surface area contributed by atoms with Crippen LogP contribution in [-0.2, 0) is 0 Å². The van der Waals surface area contributed by atoms with Crippen molar-refractivity contribution >= 4 is 40.8 Å². The molecule has 1 aliphatic rings. The van der Waals surface area contributed by atoms with Crippen molar-refractivity contribution in [1.29, 1.82) is 0 Å². The number of nitrogen functional groups attached to an aromatic ring is 2. The predicted octanol–water partition coefficient (Wildman–Crippen LogP) is 0.589. The molecular formula is C25H35N9O5. The lowest BCUT2D eigenvalue weighted by Gasteiger charge is -2.33. The molecular weight excluding hydrogens is 506 g/mol. The molecule has 1 fully saturated rings. The molecule has 3 amide bonds. The average Bonchev–Trinajstić information content (AvgIpc) is 2.90. The van der Waals surface area contributed by atoms with Gasteiger partial charge in [0, 0.05) is 57.6 Å². The van der Waals surface area contributed by atoms with Crippen LogP contribution in [0, 0.1) is 0 Å². The zero-order valence-electron chi connectivity index (χ0n) is 21.6. The second-order valence-corrected chi connectivity index (χ2v) is 8.88. The lowest BCUT2D eigenvalue weighted by atomic mass is 10.1. The first-order chi connectivity index (χ1) is 18.7. The Morgan fingerprint density at radius 3 is 2.21 bits per heavy atom. The average molecular weight is 542 g/mol. The number of hydrogen-bond donors (Lipinski definition) is 7. The van der Waals surface area contributed by atoms with E-state index in [-0.39, 0.29) is 11.1 Å². The van der Waals surface area contributed by atoms with Crippen LogP contribution in [0.15, 0.2) is 36.5 Å². The quantitative estimate of drug-likeness (QED) is 0.105. The number of carbonyl (C=O) groups is 3. The van der Waals surface area contributed by atoms with Crippen LogP contribution < -0.4 is 38.3 Å². The number of anilines is 4. The van der Waals surface area contributed by atoms with Crippen LogP contribution in [-0.4, -0.2) is 90.2 Å². The van der Waals surface area contributed by atoms with Gasteiger partial charge in [0.1, 0.15) is 17.3 Å². The van der Waals surface area contributed by atoms with Crippen molar-refractivity contribution in [3.05, 3.63) is 47.7 Å². The lowest BCUT2D eigenvalue weighted by molar-refractivity contribution is 0.0991. The number of nitrogens with two attached hydrogens (primary N) is 4. The number of rotatable bonds is 13. The molecule has 1 aromatic heterocycles. The van der Waals surface area contributed by atoms with Crippen molar-refractivity contribution in [2.75, 3.05) is 74.5 Å². The monoisotopic (exact) mass is 541 g/mol. The van der Waals surface area contributed by atoms with E-state index < -0.39 is 17.9 Å². The molecule has 0 spiro atoms. The van der Waals surface area contributed by atoms with Gasteiger partial charge in [-0.3, -0.25) is 14.5 Å². The van der Waals surface area contributed by atoms with E-state index in [0.29, 0.717) is 80.9 Å². The zero-order chi connectivity index (χ0) is 28.4. The molecule has 0 saturated carbocycles. The van der Waals surface area contributed by atoms with Gasteiger partial charge in [-0.25, -0.2) is 9.78 Å². The van der Waals surface area contributed by atoms with Gasteiger partial charge in [-0.15, -0.1) is 0 Å². The van der Waals surface area contributed by atoms with Gasteiger partial charge < -0.3 is 48.3 Å². The maximum absolute atomic E-state index is 11.7. The Hall–Kier alpha value is -4.72. The van der Waals surface area contributed by atoms with Crippen molar-refractivity contribution in [1.82, 2.24) is 14.8 Å². The van der Waals surface area contributed by atoms with E-state index in [1.54, 1.807) is 6.07 Å². The van der Waals surface area contributed by atoms with Gasteiger partial charge in [0.2, 0.25) is 11.8 Å². The summed E-state index contributed by atoms with van der Waals surface area (Å²) >= 11 is 0. The highest BCUT2D eigenvalue weighted by Gasteiger charge is 2.20. The number of benzene rings is 1. The second kappa shape index (κ2) is 13.7. The molecule has 39 heavy (non-hydrogen) atoms. The van der Waals surface area contributed by atoms with Crippen molar-refractivity contribution in [2.45, 2.75) is 6.42 Å². The summed E-state index contributed by atoms with van der Waals surface area (Å²) in [5.74, 6) is -0.368. The van der Waals surface area contributed by atoms with Crippen molar-refractivity contribution < 1.29 is 24.2 Å². The number of amides is 3. The van der Waals surface area contributed by atoms with Gasteiger partial charge >= 0.3 is 6.09 Å². The Bertz CT molecular complexity index is 1210. The number of carbonyl (C=O) groups excluding carboxylic acids is 2. The van der Waals surface area contributed by atoms with E-state index in [0.717, 1.165) is 6.54 Å². The van der Waals surface area contributed by atoms with E-state index in [9.17, 15) is 14.4 Å². The van der Waals surface area contributed by atoms with Gasteiger partial charge in [-0.05, 0) is 24.6 Å². The predicted molar refractivity (Wildman–Crippen MR) is 149 cm³/mol. The van der Waals surface area contributed by atoms with Crippen LogP contribution in [0.25, 0.3) is 0 Å². The summed E-state index contributed by atoms with van der Waals surface area (Å²) in [4.78, 5) is 41.7. The molecule has 3 rings (SSSR count). The number of piperazine rings is 1. The molecule has 1 aromatic carbocycles. The second-order valence-electron chi connectivity index (χ2n) is 8.88. The Kier molecular flexibility index (Phi) is 10.1. The molecule has 2 heterocycles. The summed E-state index contributed by atoms with van der Waals surface area (Å²) in [6.45, 7) is 4.27. The number of hydrogen-bond acceptors (Lipinski definition) is 10. The Morgan fingerprint density at radius 1 is 0.949 bits per heavy atom. The van der Waals surface area contributed by atoms with Crippen LogP contribution in [0.2, 0.25) is 0 Å². The fourth-order valence-electron chi connectivity index (χ4n) is 3.96. The third kappa shape index (κ3) is 8.39. The lowest BCUT2D eigenvalue weighted by Crippen LogP contribution is -2.48. The van der Waals surface area contributed by atoms with Gasteiger partial charge in [-0.2, -0.15) is 0 Å². The molecule has 0 atom stereocenters. The topological polar surface area (TPSA) is 228 Å². The summed E-state index contributed by atoms with van der Waals surface area (Å²) < 4.78 is 5.96. The summed E-state index contributed by atoms with van der Waals surface area (Å²) in [6, 6.07) is 4.51. The molecule has 0 radical (unpaired) electrons. The molecule has 2 aromatic rings. The smallest absolute Gasteiger partial charge is 0.407 e. The van der Waals surface area contributed by atoms with Crippen LogP contribution in [0.3, 0.4) is 0 Å². The van der Waals surface area contributed by atoms with Crippen LogP contribution >= 0.6 is 0 Å². The molecule has 1 aliphatic heterocycles. The number of carboxylic acid groups (broad SMARTS) is 1. The first kappa shape index (κ1) is 28.8. The van der Waals surface area contributed by atoms with E-state index in [1.807, 2.05) is 12.2 Å². The largest absolute Gasteiger partial charge is 0.491 e. The van der Waals surface area contributed by atoms with Crippen LogP contribution in [0.5, 0.6) is 5.75 Å². The third-order valence-electron chi connectivity index (χ3n) is 6.09. The Labute approximate surface area is 225 Å². The molecule has 210 valence electrons. The van der Waals surface area contributed by atoms with Crippen LogP contribution in [0.1, 0.15) is 27.1 Å². The summed E-state index contributed by atoms with van der Waals surface area (Å²) in [7, 11) is 0. The standard InChI is InChI=1S/C25H35N9O5/c26-18-12-16(22(28)35)14-20(39-11-3-6-33-7-9-34(10-8-33)25(37)38)21(18)30-4-1-2-5-31-24-19(27)13-17(15-32-24)23(29)36/h1-2,12-15,30H,3-11,26-27H2,(H2,28,35)(H2,29,36)(H,31,32)(H,37,38)/b2-1+. The Morgan fingerprint density at radius 2 is 1.59 bits per heavy atom. The highest BCUT2D eigenvalue weighted by molar-refractivity contribution is 5.96. The molecule has 0 unspecified atom stereocenters. The summed E-state index contributed by atoms with van der Waals surface area (Å²) in [5, 5.41) is 15.3. The molecule has 0 bridgehead atoms. The number of nitrogens with zero attached hydrogens (tertiary/aromatic N) is 3. The maximum atomic E-state index is 11.7. The third-order valence-corrected chi connectivity index (χ3v) is 6.09. The normalized spacial score (nSPS) is 13.8. The number of nitrogens with one attached hydrogen (secondary N) is 2. The highest BCUT2D eigenvalue weighted by Crippen LogP contribution is 2.32.